The van der Waals surface area contributed by atoms with Crippen molar-refractivity contribution >= 4 is 11.9 Å². The Balaban J connectivity index is 2.55. The molecular weight excluding hydrogens is 244 g/mol. The predicted octanol–water partition coefficient (Wildman–Crippen LogP) is 1.24. The molecule has 0 aromatic rings. The minimum absolute atomic E-state index is 0.0265. The van der Waals surface area contributed by atoms with Crippen LogP contribution in [-0.2, 0) is 9.59 Å². The molecule has 1 rings (SSSR count). The molecule has 5 nitrogen and oxygen atoms in total. The summed E-state index contributed by atoms with van der Waals surface area (Å²) in [6.07, 6.45) is 2.02. The lowest BCUT2D eigenvalue weighted by Crippen LogP contribution is -2.51. The Kier molecular flexibility index (Phi) is 5.35. The van der Waals surface area contributed by atoms with Gasteiger partial charge in [0.05, 0.1) is 5.92 Å². The van der Waals surface area contributed by atoms with Crippen LogP contribution in [0.5, 0.6) is 0 Å². The molecule has 19 heavy (non-hydrogen) atoms. The fourth-order valence-corrected chi connectivity index (χ4v) is 3.02. The predicted molar refractivity (Wildman–Crippen MR) is 73.8 cm³/mol. The molecule has 1 aliphatic carbocycles. The lowest BCUT2D eigenvalue weighted by atomic mass is 9.61. The Bertz CT molecular complexity index is 342. The largest absolute Gasteiger partial charge is 0.481 e. The third kappa shape index (κ3) is 3.69. The molecule has 110 valence electrons. The Morgan fingerprint density at radius 3 is 2.47 bits per heavy atom. The van der Waals surface area contributed by atoms with E-state index in [2.05, 4.69) is 17.6 Å². The first kappa shape index (κ1) is 16.0. The van der Waals surface area contributed by atoms with Gasteiger partial charge < -0.3 is 15.7 Å². The molecule has 1 saturated carbocycles. The first-order valence-electron chi connectivity index (χ1n) is 6.97. The number of hydrogen-bond donors (Lipinski definition) is 3. The van der Waals surface area contributed by atoms with E-state index >= 15 is 0 Å². The van der Waals surface area contributed by atoms with Crippen molar-refractivity contribution in [3.8, 4) is 0 Å². The number of rotatable bonds is 5. The first-order valence-corrected chi connectivity index (χ1v) is 6.97. The van der Waals surface area contributed by atoms with Crippen LogP contribution in [0.2, 0.25) is 0 Å². The van der Waals surface area contributed by atoms with Crippen molar-refractivity contribution in [2.75, 3.05) is 13.6 Å². The molecule has 0 aromatic carbocycles. The van der Waals surface area contributed by atoms with Crippen LogP contribution in [0.4, 0.5) is 0 Å². The van der Waals surface area contributed by atoms with Gasteiger partial charge in [0.2, 0.25) is 5.91 Å². The van der Waals surface area contributed by atoms with Gasteiger partial charge >= 0.3 is 5.97 Å². The second-order valence-electron chi connectivity index (χ2n) is 6.06. The number of nitrogens with one attached hydrogen (secondary N) is 2. The Morgan fingerprint density at radius 2 is 1.95 bits per heavy atom. The van der Waals surface area contributed by atoms with Crippen molar-refractivity contribution in [1.82, 2.24) is 10.6 Å². The van der Waals surface area contributed by atoms with E-state index < -0.39 is 5.97 Å². The van der Waals surface area contributed by atoms with E-state index in [0.717, 1.165) is 6.42 Å². The van der Waals surface area contributed by atoms with Gasteiger partial charge in [0, 0.05) is 26.1 Å². The highest BCUT2D eigenvalue weighted by Crippen LogP contribution is 2.44. The van der Waals surface area contributed by atoms with E-state index in [1.807, 2.05) is 13.8 Å². The quantitative estimate of drug-likeness (QED) is 0.702. The summed E-state index contributed by atoms with van der Waals surface area (Å²) in [7, 11) is 1.63. The standard InChI is InChI=1S/C14H26N2O3/c1-9-11(16-8-7-12(17)15-4)6-5-10(13(18)19)14(9,2)3/h9-11,16H,5-8H2,1-4H3,(H,15,17)(H,18,19). The fourth-order valence-electron chi connectivity index (χ4n) is 3.02. The number of carbonyl (C=O) groups excluding carboxylic acids is 1. The van der Waals surface area contributed by atoms with Crippen LogP contribution in [0, 0.1) is 17.3 Å². The summed E-state index contributed by atoms with van der Waals surface area (Å²) in [5.74, 6) is -0.675. The molecule has 0 aliphatic heterocycles. The third-order valence-corrected chi connectivity index (χ3v) is 4.78. The summed E-state index contributed by atoms with van der Waals surface area (Å²) >= 11 is 0. The summed E-state index contributed by atoms with van der Waals surface area (Å²) in [6, 6.07) is 0.287. The van der Waals surface area contributed by atoms with Crippen molar-refractivity contribution < 1.29 is 14.7 Å². The molecular formula is C14H26N2O3. The minimum atomic E-state index is -0.694. The summed E-state index contributed by atoms with van der Waals surface area (Å²) in [5.41, 5.74) is -0.227. The van der Waals surface area contributed by atoms with Crippen LogP contribution >= 0.6 is 0 Å². The number of hydrogen-bond acceptors (Lipinski definition) is 3. The second-order valence-corrected chi connectivity index (χ2v) is 6.06. The molecule has 0 aromatic heterocycles. The Morgan fingerprint density at radius 1 is 1.32 bits per heavy atom. The van der Waals surface area contributed by atoms with E-state index in [4.69, 9.17) is 0 Å². The SMILES string of the molecule is CNC(=O)CCNC1CCC(C(=O)O)C(C)(C)C1C. The van der Waals surface area contributed by atoms with E-state index in [1.54, 1.807) is 7.05 Å². The smallest absolute Gasteiger partial charge is 0.307 e. The molecule has 1 fully saturated rings. The number of aliphatic carboxylic acids is 1. The van der Waals surface area contributed by atoms with Crippen molar-refractivity contribution in [1.29, 1.82) is 0 Å². The normalized spacial score (nSPS) is 29.8. The van der Waals surface area contributed by atoms with Gasteiger partial charge in [-0.15, -0.1) is 0 Å². The average Bonchev–Trinajstić information content (AvgIpc) is 2.33. The second kappa shape index (κ2) is 6.37. The maximum atomic E-state index is 11.3. The molecule has 0 heterocycles. The Hall–Kier alpha value is -1.10. The topological polar surface area (TPSA) is 78.4 Å². The fraction of sp³-hybridized carbons (Fsp3) is 0.857. The van der Waals surface area contributed by atoms with Crippen molar-refractivity contribution in [3.05, 3.63) is 0 Å². The molecule has 5 heteroatoms. The van der Waals surface area contributed by atoms with E-state index in [1.165, 1.54) is 0 Å². The molecule has 1 aliphatic rings. The molecule has 3 N–H and O–H groups in total. The molecule has 0 spiro atoms. The van der Waals surface area contributed by atoms with Gasteiger partial charge in [0.25, 0.3) is 0 Å². The maximum Gasteiger partial charge on any atom is 0.307 e. The molecule has 3 unspecified atom stereocenters. The highest BCUT2D eigenvalue weighted by atomic mass is 16.4. The first-order chi connectivity index (χ1) is 8.80. The number of carboxylic acids is 1. The highest BCUT2D eigenvalue weighted by molar-refractivity contribution is 5.75. The van der Waals surface area contributed by atoms with E-state index in [9.17, 15) is 14.7 Å². The molecule has 1 amide bonds. The highest BCUT2D eigenvalue weighted by Gasteiger charge is 2.45. The summed E-state index contributed by atoms with van der Waals surface area (Å²) in [6.45, 7) is 6.81. The summed E-state index contributed by atoms with van der Waals surface area (Å²) in [5, 5.41) is 15.3. The lowest BCUT2D eigenvalue weighted by Gasteiger charge is -2.46. The van der Waals surface area contributed by atoms with Gasteiger partial charge in [-0.1, -0.05) is 20.8 Å². The zero-order valence-corrected chi connectivity index (χ0v) is 12.3. The molecule has 0 bridgehead atoms. The zero-order valence-electron chi connectivity index (χ0n) is 12.3. The summed E-state index contributed by atoms with van der Waals surface area (Å²) in [4.78, 5) is 22.5. The van der Waals surface area contributed by atoms with E-state index in [0.29, 0.717) is 19.4 Å². The van der Waals surface area contributed by atoms with Crippen LogP contribution in [0.25, 0.3) is 0 Å². The van der Waals surface area contributed by atoms with E-state index in [-0.39, 0.29) is 29.2 Å². The van der Waals surface area contributed by atoms with Crippen LogP contribution in [0.15, 0.2) is 0 Å². The van der Waals surface area contributed by atoms with Gasteiger partial charge in [-0.3, -0.25) is 9.59 Å². The van der Waals surface area contributed by atoms with Crippen molar-refractivity contribution in [2.45, 2.75) is 46.1 Å². The number of amides is 1. The number of carbonyl (C=O) groups is 2. The van der Waals surface area contributed by atoms with Gasteiger partial charge in [-0.25, -0.2) is 0 Å². The van der Waals surface area contributed by atoms with Gasteiger partial charge in [0.1, 0.15) is 0 Å². The molecule has 3 atom stereocenters. The van der Waals surface area contributed by atoms with Crippen LogP contribution in [0.1, 0.15) is 40.0 Å². The molecule has 0 radical (unpaired) electrons. The lowest BCUT2D eigenvalue weighted by molar-refractivity contribution is -0.150. The summed E-state index contributed by atoms with van der Waals surface area (Å²) < 4.78 is 0. The minimum Gasteiger partial charge on any atom is -0.481 e. The Labute approximate surface area is 115 Å². The van der Waals surface area contributed by atoms with Gasteiger partial charge in [0.15, 0.2) is 0 Å². The van der Waals surface area contributed by atoms with Gasteiger partial charge in [-0.2, -0.15) is 0 Å². The monoisotopic (exact) mass is 270 g/mol. The average molecular weight is 270 g/mol. The van der Waals surface area contributed by atoms with Crippen molar-refractivity contribution in [3.63, 3.8) is 0 Å². The van der Waals surface area contributed by atoms with Crippen molar-refractivity contribution in [2.24, 2.45) is 17.3 Å². The molecule has 0 saturated heterocycles. The van der Waals surface area contributed by atoms with Crippen LogP contribution < -0.4 is 10.6 Å². The van der Waals surface area contributed by atoms with Crippen LogP contribution in [-0.4, -0.2) is 36.6 Å². The number of carboxylic acid groups (broad SMARTS) is 1. The zero-order chi connectivity index (χ0) is 14.6. The van der Waals surface area contributed by atoms with Crippen LogP contribution in [0.3, 0.4) is 0 Å². The van der Waals surface area contributed by atoms with Gasteiger partial charge in [-0.05, 0) is 24.2 Å². The maximum absolute atomic E-state index is 11.3. The third-order valence-electron chi connectivity index (χ3n) is 4.78.